The summed E-state index contributed by atoms with van der Waals surface area (Å²) in [5.41, 5.74) is 0. The summed E-state index contributed by atoms with van der Waals surface area (Å²) in [6, 6.07) is 4.30. The molecule has 3 nitrogen and oxygen atoms in total. The quantitative estimate of drug-likeness (QED) is 0.415. The molecule has 1 aromatic rings. The first-order valence-corrected chi connectivity index (χ1v) is 9.48. The largest absolute Gasteiger partial charge is 0.298 e. The Morgan fingerprint density at radius 3 is 2.29 bits per heavy atom. The van der Waals surface area contributed by atoms with E-state index in [0.29, 0.717) is 5.02 Å². The van der Waals surface area contributed by atoms with E-state index in [4.69, 9.17) is 27.4 Å². The molecule has 0 aliphatic rings. The molecular weight excluding hydrogens is 331 g/mol. The molecule has 1 aromatic carbocycles. The van der Waals surface area contributed by atoms with Gasteiger partial charge in [-0.25, -0.2) is 0 Å². The molecule has 0 N–H and O–H groups in total. The average molecular weight is 353 g/mol. The minimum Gasteiger partial charge on any atom is -0.266 e. The van der Waals surface area contributed by atoms with E-state index < -0.39 is 10.1 Å². The van der Waals surface area contributed by atoms with E-state index in [2.05, 4.69) is 6.92 Å². The van der Waals surface area contributed by atoms with Gasteiger partial charge in [0.15, 0.2) is 0 Å². The molecule has 0 radical (unpaired) electrons. The van der Waals surface area contributed by atoms with Crippen LogP contribution in [-0.4, -0.2) is 15.0 Å². The van der Waals surface area contributed by atoms with Gasteiger partial charge in [0.1, 0.15) is 4.90 Å². The van der Waals surface area contributed by atoms with Gasteiger partial charge >= 0.3 is 0 Å². The maximum absolute atomic E-state index is 12.0. The van der Waals surface area contributed by atoms with Crippen LogP contribution < -0.4 is 0 Å². The predicted molar refractivity (Wildman–Crippen MR) is 87.6 cm³/mol. The van der Waals surface area contributed by atoms with Gasteiger partial charge in [-0.3, -0.25) is 4.18 Å². The van der Waals surface area contributed by atoms with E-state index in [1.54, 1.807) is 6.07 Å². The molecule has 21 heavy (non-hydrogen) atoms. The Kier molecular flexibility index (Phi) is 8.64. The second-order valence-electron chi connectivity index (χ2n) is 4.97. The van der Waals surface area contributed by atoms with Crippen LogP contribution in [-0.2, 0) is 14.3 Å². The van der Waals surface area contributed by atoms with E-state index in [0.717, 1.165) is 19.3 Å². The van der Waals surface area contributed by atoms with Gasteiger partial charge < -0.3 is 0 Å². The summed E-state index contributed by atoms with van der Waals surface area (Å²) >= 11 is 11.7. The highest BCUT2D eigenvalue weighted by Crippen LogP contribution is 2.26. The molecule has 120 valence electrons. The van der Waals surface area contributed by atoms with Crippen LogP contribution in [0.4, 0.5) is 0 Å². The predicted octanol–water partition coefficient (Wildman–Crippen LogP) is 5.45. The first-order valence-electron chi connectivity index (χ1n) is 7.32. The van der Waals surface area contributed by atoms with Crippen molar-refractivity contribution < 1.29 is 12.6 Å². The smallest absolute Gasteiger partial charge is 0.266 e. The SMILES string of the molecule is CCCCCCCCCOS(=O)(=O)c1cc(Cl)ccc1Cl. The highest BCUT2D eigenvalue weighted by Gasteiger charge is 2.19. The second kappa shape index (κ2) is 9.67. The van der Waals surface area contributed by atoms with Crippen molar-refractivity contribution in [1.29, 1.82) is 0 Å². The van der Waals surface area contributed by atoms with Gasteiger partial charge in [0.2, 0.25) is 0 Å². The van der Waals surface area contributed by atoms with E-state index in [1.165, 1.54) is 37.8 Å². The third-order valence-corrected chi connectivity index (χ3v) is 5.18. The number of rotatable bonds is 10. The van der Waals surface area contributed by atoms with Crippen LogP contribution in [0.5, 0.6) is 0 Å². The van der Waals surface area contributed by atoms with Crippen molar-refractivity contribution in [2.75, 3.05) is 6.61 Å². The molecule has 0 aliphatic heterocycles. The average Bonchev–Trinajstić information content (AvgIpc) is 2.44. The minimum absolute atomic E-state index is 0.0698. The van der Waals surface area contributed by atoms with Crippen molar-refractivity contribution >= 4 is 33.3 Å². The minimum atomic E-state index is -3.83. The van der Waals surface area contributed by atoms with Crippen molar-refractivity contribution in [3.05, 3.63) is 28.2 Å². The van der Waals surface area contributed by atoms with Gasteiger partial charge in [-0.05, 0) is 24.6 Å². The van der Waals surface area contributed by atoms with Crippen LogP contribution in [0.1, 0.15) is 51.9 Å². The lowest BCUT2D eigenvalue weighted by Gasteiger charge is -2.07. The standard InChI is InChI=1S/C15H22Cl2O3S/c1-2-3-4-5-6-7-8-11-20-21(18,19)15-12-13(16)9-10-14(15)17/h9-10,12H,2-8,11H2,1H3. The van der Waals surface area contributed by atoms with Crippen LogP contribution in [0.2, 0.25) is 10.0 Å². The van der Waals surface area contributed by atoms with Crippen molar-refractivity contribution in [2.45, 2.75) is 56.8 Å². The third kappa shape index (κ3) is 7.00. The molecule has 0 unspecified atom stereocenters. The van der Waals surface area contributed by atoms with Gasteiger partial charge in [0.05, 0.1) is 11.6 Å². The van der Waals surface area contributed by atoms with Gasteiger partial charge in [0.25, 0.3) is 10.1 Å². The summed E-state index contributed by atoms with van der Waals surface area (Å²) < 4.78 is 29.0. The Labute approximate surface area is 137 Å². The summed E-state index contributed by atoms with van der Waals surface area (Å²) in [5.74, 6) is 0. The van der Waals surface area contributed by atoms with Gasteiger partial charge in [-0.15, -0.1) is 0 Å². The Bertz CT molecular complexity index is 530. The Balaban J connectivity index is 2.35. The molecule has 0 bridgehead atoms. The lowest BCUT2D eigenvalue weighted by Crippen LogP contribution is -2.08. The molecule has 1 rings (SSSR count). The number of benzene rings is 1. The van der Waals surface area contributed by atoms with Gasteiger partial charge in [-0.1, -0.05) is 68.7 Å². The molecular formula is C15H22Cl2O3S. The van der Waals surface area contributed by atoms with E-state index in [9.17, 15) is 8.42 Å². The summed E-state index contributed by atoms with van der Waals surface area (Å²) in [6.07, 6.45) is 7.74. The van der Waals surface area contributed by atoms with Crippen LogP contribution in [0.25, 0.3) is 0 Å². The second-order valence-corrected chi connectivity index (χ2v) is 7.40. The molecule has 0 aromatic heterocycles. The first-order chi connectivity index (χ1) is 9.97. The fraction of sp³-hybridized carbons (Fsp3) is 0.600. The van der Waals surface area contributed by atoms with Crippen molar-refractivity contribution in [3.8, 4) is 0 Å². The topological polar surface area (TPSA) is 43.4 Å². The molecule has 0 fully saturated rings. The number of hydrogen-bond donors (Lipinski definition) is 0. The summed E-state index contributed by atoms with van der Waals surface area (Å²) in [4.78, 5) is -0.0698. The Morgan fingerprint density at radius 1 is 1.00 bits per heavy atom. The lowest BCUT2D eigenvalue weighted by atomic mass is 10.1. The number of hydrogen-bond acceptors (Lipinski definition) is 3. The molecule has 0 spiro atoms. The Hall–Kier alpha value is -0.290. The van der Waals surface area contributed by atoms with Gasteiger partial charge in [0, 0.05) is 5.02 Å². The monoisotopic (exact) mass is 352 g/mol. The maximum Gasteiger partial charge on any atom is 0.298 e. The van der Waals surface area contributed by atoms with E-state index >= 15 is 0 Å². The van der Waals surface area contributed by atoms with Crippen molar-refractivity contribution in [2.24, 2.45) is 0 Å². The zero-order chi connectivity index (χ0) is 15.7. The third-order valence-electron chi connectivity index (χ3n) is 3.15. The van der Waals surface area contributed by atoms with Gasteiger partial charge in [-0.2, -0.15) is 8.42 Å². The van der Waals surface area contributed by atoms with Crippen molar-refractivity contribution in [3.63, 3.8) is 0 Å². The molecule has 0 saturated heterocycles. The molecule has 6 heteroatoms. The number of halogens is 2. The molecule has 0 amide bonds. The highest BCUT2D eigenvalue weighted by atomic mass is 35.5. The Morgan fingerprint density at radius 2 is 1.62 bits per heavy atom. The van der Waals surface area contributed by atoms with Crippen LogP contribution in [0.3, 0.4) is 0 Å². The molecule has 0 atom stereocenters. The molecule has 0 aliphatic carbocycles. The fourth-order valence-electron chi connectivity index (χ4n) is 1.96. The van der Waals surface area contributed by atoms with Crippen LogP contribution in [0.15, 0.2) is 23.1 Å². The van der Waals surface area contributed by atoms with Crippen LogP contribution >= 0.6 is 23.2 Å². The molecule has 0 saturated carbocycles. The maximum atomic E-state index is 12.0. The van der Waals surface area contributed by atoms with E-state index in [-0.39, 0.29) is 16.5 Å². The summed E-state index contributed by atoms with van der Waals surface area (Å²) in [6.45, 7) is 2.36. The molecule has 0 heterocycles. The number of unbranched alkanes of at least 4 members (excludes halogenated alkanes) is 6. The lowest BCUT2D eigenvalue weighted by molar-refractivity contribution is 0.306. The fourth-order valence-corrected chi connectivity index (χ4v) is 3.64. The van der Waals surface area contributed by atoms with Crippen LogP contribution in [0, 0.1) is 0 Å². The normalized spacial score (nSPS) is 11.8. The summed E-state index contributed by atoms with van der Waals surface area (Å²) in [5, 5.41) is 0.441. The first kappa shape index (κ1) is 18.8. The summed E-state index contributed by atoms with van der Waals surface area (Å²) in [7, 11) is -3.83. The zero-order valence-electron chi connectivity index (χ0n) is 12.3. The highest BCUT2D eigenvalue weighted by molar-refractivity contribution is 7.86. The van der Waals surface area contributed by atoms with E-state index in [1.807, 2.05) is 0 Å². The van der Waals surface area contributed by atoms with Crippen molar-refractivity contribution in [1.82, 2.24) is 0 Å². The zero-order valence-corrected chi connectivity index (χ0v) is 14.6.